The highest BCUT2D eigenvalue weighted by Gasteiger charge is 2.40. The lowest BCUT2D eigenvalue weighted by molar-refractivity contribution is -0.135. The van der Waals surface area contributed by atoms with Crippen LogP contribution in [0.3, 0.4) is 0 Å². The maximum atomic E-state index is 11.9. The number of allylic oxidation sites excluding steroid dienone is 1. The number of thiazole rings is 2. The number of nitrogens with zero attached hydrogens (tertiary/aromatic N) is 2. The van der Waals surface area contributed by atoms with Gasteiger partial charge < -0.3 is 13.9 Å². The highest BCUT2D eigenvalue weighted by molar-refractivity contribution is 7.14. The molecular weight excluding hydrogens is 485 g/mol. The van der Waals surface area contributed by atoms with Crippen LogP contribution in [0, 0.1) is 5.92 Å². The molecule has 186 valence electrons. The van der Waals surface area contributed by atoms with E-state index >= 15 is 0 Å². The number of rotatable bonds is 10. The standard InChI is InChI=1S/C25H36N2O4S2Si/c1-16(2)23-27-19(15-33-23)24-26-18(14-32-24)11-12-20(31-34(9,10)25(4,5)6)17(3)21(29-7)13-22(28)30-8/h11-15,17,20H,1H2,2-10H3/b12-11+,21-13+/t17-,20+/m1/s1. The van der Waals surface area contributed by atoms with E-state index in [2.05, 4.69) is 45.4 Å². The van der Waals surface area contributed by atoms with E-state index in [0.29, 0.717) is 5.76 Å². The Bertz CT molecular complexity index is 1060. The molecule has 2 aromatic heterocycles. The Morgan fingerprint density at radius 3 is 2.35 bits per heavy atom. The largest absolute Gasteiger partial charge is 0.500 e. The molecule has 0 aliphatic carbocycles. The molecule has 2 aromatic rings. The van der Waals surface area contributed by atoms with Gasteiger partial charge in [-0.25, -0.2) is 14.8 Å². The van der Waals surface area contributed by atoms with E-state index < -0.39 is 14.3 Å². The van der Waals surface area contributed by atoms with Crippen molar-refractivity contribution in [3.05, 3.63) is 46.0 Å². The predicted octanol–water partition coefficient (Wildman–Crippen LogP) is 7.04. The molecule has 0 aliphatic rings. The van der Waals surface area contributed by atoms with E-state index in [0.717, 1.165) is 27.0 Å². The van der Waals surface area contributed by atoms with Gasteiger partial charge in [0.25, 0.3) is 0 Å². The van der Waals surface area contributed by atoms with Gasteiger partial charge in [0.2, 0.25) is 0 Å². The second kappa shape index (κ2) is 11.6. The van der Waals surface area contributed by atoms with Crippen LogP contribution >= 0.6 is 22.7 Å². The molecule has 0 aromatic carbocycles. The van der Waals surface area contributed by atoms with Crippen molar-refractivity contribution in [2.24, 2.45) is 5.92 Å². The van der Waals surface area contributed by atoms with Crippen molar-refractivity contribution in [3.63, 3.8) is 0 Å². The number of aromatic nitrogens is 2. The molecule has 0 saturated carbocycles. The molecule has 0 aliphatic heterocycles. The summed E-state index contributed by atoms with van der Waals surface area (Å²) in [7, 11) is 0.787. The van der Waals surface area contributed by atoms with Crippen LogP contribution in [-0.2, 0) is 18.7 Å². The maximum Gasteiger partial charge on any atom is 0.333 e. The van der Waals surface area contributed by atoms with Crippen LogP contribution in [0.5, 0.6) is 0 Å². The molecule has 0 spiro atoms. The van der Waals surface area contributed by atoms with Crippen molar-refractivity contribution in [1.82, 2.24) is 9.97 Å². The summed E-state index contributed by atoms with van der Waals surface area (Å²) in [4.78, 5) is 21.2. The Kier molecular flexibility index (Phi) is 9.59. The molecule has 2 heterocycles. The van der Waals surface area contributed by atoms with E-state index in [1.54, 1.807) is 29.8 Å². The Morgan fingerprint density at radius 2 is 1.82 bits per heavy atom. The van der Waals surface area contributed by atoms with Crippen molar-refractivity contribution >= 4 is 48.6 Å². The fourth-order valence-electron chi connectivity index (χ4n) is 2.78. The van der Waals surface area contributed by atoms with Crippen LogP contribution in [0.2, 0.25) is 18.1 Å². The highest BCUT2D eigenvalue weighted by Crippen LogP contribution is 2.39. The SMILES string of the molecule is C=C(C)c1nc(-c2nc(/C=C/[C@H](O[Si](C)(C)C(C)(C)C)[C@@H](C)/C(=C\C(=O)OC)OC)cs2)cs1. The molecule has 0 bridgehead atoms. The third-order valence-corrected chi connectivity index (χ3v) is 12.3. The lowest BCUT2D eigenvalue weighted by Crippen LogP contribution is -2.45. The zero-order valence-electron chi connectivity index (χ0n) is 21.6. The van der Waals surface area contributed by atoms with Crippen LogP contribution in [0.25, 0.3) is 22.4 Å². The molecule has 0 amide bonds. The van der Waals surface area contributed by atoms with E-state index in [-0.39, 0.29) is 17.1 Å². The summed E-state index contributed by atoms with van der Waals surface area (Å²) in [5.41, 5.74) is 2.64. The van der Waals surface area contributed by atoms with E-state index in [1.165, 1.54) is 13.2 Å². The van der Waals surface area contributed by atoms with Crippen LogP contribution in [0.4, 0.5) is 0 Å². The summed E-state index contributed by atoms with van der Waals surface area (Å²) in [6.07, 6.45) is 5.04. The molecule has 34 heavy (non-hydrogen) atoms. The number of esters is 1. The minimum atomic E-state index is -2.12. The van der Waals surface area contributed by atoms with Crippen molar-refractivity contribution in [2.75, 3.05) is 14.2 Å². The summed E-state index contributed by atoms with van der Waals surface area (Å²) in [5, 5.41) is 5.81. The molecule has 9 heteroatoms. The Balaban J connectivity index is 2.35. The van der Waals surface area contributed by atoms with Crippen LogP contribution in [0.1, 0.15) is 45.3 Å². The normalized spacial score (nSPS) is 14.8. The average Bonchev–Trinajstić information content (AvgIpc) is 3.43. The molecule has 2 rings (SSSR count). The fourth-order valence-corrected chi connectivity index (χ4v) is 5.66. The van der Waals surface area contributed by atoms with Gasteiger partial charge in [0.15, 0.2) is 8.32 Å². The van der Waals surface area contributed by atoms with Crippen LogP contribution in [-0.4, -0.2) is 44.6 Å². The van der Waals surface area contributed by atoms with E-state index in [9.17, 15) is 4.79 Å². The third kappa shape index (κ3) is 7.21. The van der Waals surface area contributed by atoms with Crippen LogP contribution in [0.15, 0.2) is 35.3 Å². The van der Waals surface area contributed by atoms with Crippen molar-refractivity contribution in [1.29, 1.82) is 0 Å². The summed E-state index contributed by atoms with van der Waals surface area (Å²) >= 11 is 3.12. The molecule has 2 atom stereocenters. The Morgan fingerprint density at radius 1 is 1.15 bits per heavy atom. The van der Waals surface area contributed by atoms with Crippen molar-refractivity contribution < 1.29 is 18.7 Å². The molecule has 6 nitrogen and oxygen atoms in total. The predicted molar refractivity (Wildman–Crippen MR) is 145 cm³/mol. The Labute approximate surface area is 212 Å². The summed E-state index contributed by atoms with van der Waals surface area (Å²) in [6, 6.07) is 0. The second-order valence-corrected chi connectivity index (χ2v) is 16.1. The third-order valence-electron chi connectivity index (χ3n) is 5.94. The van der Waals surface area contributed by atoms with Crippen molar-refractivity contribution in [2.45, 2.75) is 58.9 Å². The lowest BCUT2D eigenvalue weighted by atomic mass is 10.0. The van der Waals surface area contributed by atoms with E-state index in [4.69, 9.17) is 18.9 Å². The zero-order chi connectivity index (χ0) is 25.7. The van der Waals surface area contributed by atoms with Gasteiger partial charge in [0.1, 0.15) is 21.5 Å². The number of carbonyl (C=O) groups excluding carboxylic acids is 1. The summed E-state index contributed by atoms with van der Waals surface area (Å²) < 4.78 is 17.1. The smallest absolute Gasteiger partial charge is 0.333 e. The number of ether oxygens (including phenoxy) is 2. The molecule has 0 N–H and O–H groups in total. The average molecular weight is 521 g/mol. The van der Waals surface area contributed by atoms with Gasteiger partial charge >= 0.3 is 5.97 Å². The number of hydrogen-bond acceptors (Lipinski definition) is 8. The van der Waals surface area contributed by atoms with Gasteiger partial charge in [-0.1, -0.05) is 40.3 Å². The topological polar surface area (TPSA) is 70.5 Å². The molecule has 0 fully saturated rings. The van der Waals surface area contributed by atoms with Gasteiger partial charge in [-0.05, 0) is 36.7 Å². The Hall–Kier alpha value is -2.07. The number of methoxy groups -OCH3 is 2. The summed E-state index contributed by atoms with van der Waals surface area (Å²) in [6.45, 7) is 18.9. The molecule has 0 saturated heterocycles. The highest BCUT2D eigenvalue weighted by atomic mass is 32.1. The monoisotopic (exact) mass is 520 g/mol. The first-order valence-corrected chi connectivity index (χ1v) is 15.7. The van der Waals surface area contributed by atoms with Gasteiger partial charge in [-0.15, -0.1) is 22.7 Å². The minimum Gasteiger partial charge on any atom is -0.500 e. The van der Waals surface area contributed by atoms with Gasteiger partial charge in [-0.2, -0.15) is 0 Å². The van der Waals surface area contributed by atoms with Crippen LogP contribution < -0.4 is 0 Å². The van der Waals surface area contributed by atoms with Gasteiger partial charge in [0, 0.05) is 16.7 Å². The molecular formula is C25H36N2O4S2Si. The fraction of sp³-hybridized carbons (Fsp3) is 0.480. The van der Waals surface area contributed by atoms with Gasteiger partial charge in [0.05, 0.1) is 32.1 Å². The first kappa shape index (κ1) is 28.2. The second-order valence-electron chi connectivity index (χ2n) is 9.66. The minimum absolute atomic E-state index is 0.0253. The quantitative estimate of drug-likeness (QED) is 0.145. The molecule has 0 radical (unpaired) electrons. The first-order valence-electron chi connectivity index (χ1n) is 11.1. The van der Waals surface area contributed by atoms with Crippen molar-refractivity contribution in [3.8, 4) is 10.7 Å². The maximum absolute atomic E-state index is 11.9. The van der Waals surface area contributed by atoms with Gasteiger partial charge in [-0.3, -0.25) is 0 Å². The lowest BCUT2D eigenvalue weighted by Gasteiger charge is -2.40. The number of hydrogen-bond donors (Lipinski definition) is 0. The number of carbonyl (C=O) groups is 1. The summed E-state index contributed by atoms with van der Waals surface area (Å²) in [5.74, 6) is -0.154. The zero-order valence-corrected chi connectivity index (χ0v) is 24.2. The molecule has 0 unspecified atom stereocenters. The van der Waals surface area contributed by atoms with E-state index in [1.807, 2.05) is 36.8 Å². The first-order chi connectivity index (χ1) is 15.8.